The number of hydrogen-bond acceptors (Lipinski definition) is 4. The Hall–Kier alpha value is -2.57. The van der Waals surface area contributed by atoms with E-state index in [1.54, 1.807) is 22.9 Å². The highest BCUT2D eigenvalue weighted by Crippen LogP contribution is 2.18. The zero-order valence-corrected chi connectivity index (χ0v) is 10.2. The first-order valence-electron chi connectivity index (χ1n) is 5.47. The molecule has 0 amide bonds. The highest BCUT2D eigenvalue weighted by atomic mass is 19.1. The molecule has 3 N–H and O–H groups in total. The number of hydrogen-bond donors (Lipinski definition) is 2. The van der Waals surface area contributed by atoms with E-state index in [1.165, 1.54) is 19.4 Å². The topological polar surface area (TPSA) is 85.7 Å². The van der Waals surface area contributed by atoms with Gasteiger partial charge in [0, 0.05) is 18.9 Å². The molecule has 0 atom stereocenters. The first-order chi connectivity index (χ1) is 9.15. The molecule has 7 heteroatoms. The van der Waals surface area contributed by atoms with Crippen molar-refractivity contribution in [2.75, 3.05) is 7.11 Å². The van der Waals surface area contributed by atoms with Crippen molar-refractivity contribution in [1.29, 1.82) is 0 Å². The van der Waals surface area contributed by atoms with Crippen LogP contribution in [0.2, 0.25) is 0 Å². The predicted octanol–water partition coefficient (Wildman–Crippen LogP) is 1.17. The summed E-state index contributed by atoms with van der Waals surface area (Å²) in [6, 6.07) is 4.65. The number of oxime groups is 1. The number of halogens is 1. The summed E-state index contributed by atoms with van der Waals surface area (Å²) in [6.45, 7) is 0.354. The summed E-state index contributed by atoms with van der Waals surface area (Å²) in [6.07, 6.45) is 3.18. The van der Waals surface area contributed by atoms with Gasteiger partial charge in [-0.3, -0.25) is 0 Å². The van der Waals surface area contributed by atoms with Gasteiger partial charge in [-0.05, 0) is 17.7 Å². The summed E-state index contributed by atoms with van der Waals surface area (Å²) in [5.41, 5.74) is 6.20. The average molecular weight is 264 g/mol. The number of ether oxygens (including phenoxy) is 1. The van der Waals surface area contributed by atoms with Crippen molar-refractivity contribution in [1.82, 2.24) is 9.55 Å². The van der Waals surface area contributed by atoms with Crippen LogP contribution in [0.5, 0.6) is 5.75 Å². The number of methoxy groups -OCH3 is 1. The Labute approximate surface area is 108 Å². The van der Waals surface area contributed by atoms with E-state index in [1.807, 2.05) is 0 Å². The fourth-order valence-corrected chi connectivity index (χ4v) is 1.72. The molecule has 0 radical (unpaired) electrons. The summed E-state index contributed by atoms with van der Waals surface area (Å²) in [4.78, 5) is 3.97. The molecule has 0 bridgehead atoms. The van der Waals surface area contributed by atoms with Crippen LogP contribution in [0.25, 0.3) is 0 Å². The van der Waals surface area contributed by atoms with Gasteiger partial charge in [-0.15, -0.1) is 0 Å². The molecule has 1 heterocycles. The van der Waals surface area contributed by atoms with Crippen LogP contribution < -0.4 is 10.5 Å². The fraction of sp³-hybridized carbons (Fsp3) is 0.167. The molecular weight excluding hydrogens is 251 g/mol. The van der Waals surface area contributed by atoms with E-state index < -0.39 is 5.82 Å². The number of rotatable bonds is 4. The molecule has 2 rings (SSSR count). The quantitative estimate of drug-likeness (QED) is 0.376. The van der Waals surface area contributed by atoms with Crippen molar-refractivity contribution in [2.45, 2.75) is 6.54 Å². The van der Waals surface area contributed by atoms with Gasteiger partial charge in [-0.25, -0.2) is 9.37 Å². The third kappa shape index (κ3) is 2.65. The van der Waals surface area contributed by atoms with Crippen LogP contribution in [-0.2, 0) is 6.54 Å². The van der Waals surface area contributed by atoms with Gasteiger partial charge < -0.3 is 20.2 Å². The van der Waals surface area contributed by atoms with E-state index in [-0.39, 0.29) is 11.6 Å². The maximum atomic E-state index is 13.6. The summed E-state index contributed by atoms with van der Waals surface area (Å²) in [5.74, 6) is -0.0331. The summed E-state index contributed by atoms with van der Waals surface area (Å²) < 4.78 is 20.1. The second-order valence-electron chi connectivity index (χ2n) is 3.83. The van der Waals surface area contributed by atoms with Crippen molar-refractivity contribution < 1.29 is 14.3 Å². The normalized spacial score (nSPS) is 11.6. The van der Waals surface area contributed by atoms with Crippen LogP contribution >= 0.6 is 0 Å². The van der Waals surface area contributed by atoms with Gasteiger partial charge in [-0.2, -0.15) is 0 Å². The second kappa shape index (κ2) is 5.38. The van der Waals surface area contributed by atoms with E-state index in [4.69, 9.17) is 15.7 Å². The molecule has 0 unspecified atom stereocenters. The minimum absolute atomic E-state index is 0.0982. The van der Waals surface area contributed by atoms with Crippen molar-refractivity contribution in [3.8, 4) is 5.75 Å². The van der Waals surface area contributed by atoms with E-state index >= 15 is 0 Å². The molecule has 100 valence electrons. The zero-order valence-electron chi connectivity index (χ0n) is 10.2. The van der Waals surface area contributed by atoms with Gasteiger partial charge in [0.15, 0.2) is 17.4 Å². The Morgan fingerprint density at radius 3 is 3.00 bits per heavy atom. The monoisotopic (exact) mass is 264 g/mol. The average Bonchev–Trinajstić information content (AvgIpc) is 2.86. The van der Waals surface area contributed by atoms with Crippen molar-refractivity contribution in [3.05, 3.63) is 47.8 Å². The van der Waals surface area contributed by atoms with Crippen LogP contribution in [0.3, 0.4) is 0 Å². The lowest BCUT2D eigenvalue weighted by Gasteiger charge is -2.08. The van der Waals surface area contributed by atoms with Crippen molar-refractivity contribution in [3.63, 3.8) is 0 Å². The first-order valence-corrected chi connectivity index (χ1v) is 5.47. The molecule has 1 aromatic heterocycles. The molecule has 0 saturated heterocycles. The molecule has 0 fully saturated rings. The number of amidine groups is 1. The lowest BCUT2D eigenvalue weighted by atomic mass is 10.2. The molecule has 0 aliphatic carbocycles. The summed E-state index contributed by atoms with van der Waals surface area (Å²) >= 11 is 0. The highest BCUT2D eigenvalue weighted by molar-refractivity contribution is 5.93. The highest BCUT2D eigenvalue weighted by Gasteiger charge is 2.09. The zero-order chi connectivity index (χ0) is 13.8. The molecule has 0 saturated carbocycles. The molecule has 6 nitrogen and oxygen atoms in total. The predicted molar refractivity (Wildman–Crippen MR) is 66.8 cm³/mol. The SMILES string of the molecule is COc1ccc(Cn2ccnc2C(N)=NO)cc1F. The van der Waals surface area contributed by atoms with Gasteiger partial charge in [0.2, 0.25) is 5.84 Å². The van der Waals surface area contributed by atoms with Gasteiger partial charge in [0.1, 0.15) is 0 Å². The van der Waals surface area contributed by atoms with Gasteiger partial charge in [0.25, 0.3) is 0 Å². The van der Waals surface area contributed by atoms with Crippen molar-refractivity contribution >= 4 is 5.84 Å². The molecular formula is C12H13FN4O2. The van der Waals surface area contributed by atoms with Crippen LogP contribution in [0, 0.1) is 5.82 Å². The molecule has 0 aliphatic heterocycles. The Kier molecular flexibility index (Phi) is 3.65. The molecule has 0 aliphatic rings. The van der Waals surface area contributed by atoms with E-state index in [0.29, 0.717) is 17.9 Å². The maximum absolute atomic E-state index is 13.6. The van der Waals surface area contributed by atoms with Crippen LogP contribution in [0.1, 0.15) is 11.4 Å². The number of aromatic nitrogens is 2. The summed E-state index contributed by atoms with van der Waals surface area (Å²) in [5, 5.41) is 11.5. The Balaban J connectivity index is 2.27. The van der Waals surface area contributed by atoms with E-state index in [2.05, 4.69) is 10.1 Å². The number of nitrogens with zero attached hydrogens (tertiary/aromatic N) is 3. The van der Waals surface area contributed by atoms with Gasteiger partial charge >= 0.3 is 0 Å². The Morgan fingerprint density at radius 1 is 1.58 bits per heavy atom. The van der Waals surface area contributed by atoms with Gasteiger partial charge in [-0.1, -0.05) is 11.2 Å². The largest absolute Gasteiger partial charge is 0.494 e. The lowest BCUT2D eigenvalue weighted by Crippen LogP contribution is -2.19. The van der Waals surface area contributed by atoms with Crippen molar-refractivity contribution in [2.24, 2.45) is 10.9 Å². The van der Waals surface area contributed by atoms with Gasteiger partial charge in [0.05, 0.1) is 7.11 Å². The standard InChI is InChI=1S/C12H13FN4O2/c1-19-10-3-2-8(6-9(10)13)7-17-5-4-15-12(17)11(14)16-18/h2-6,18H,7H2,1H3,(H2,14,16). The Morgan fingerprint density at radius 2 is 2.37 bits per heavy atom. The fourth-order valence-electron chi connectivity index (χ4n) is 1.72. The lowest BCUT2D eigenvalue weighted by molar-refractivity contribution is 0.318. The third-order valence-corrected chi connectivity index (χ3v) is 2.62. The minimum atomic E-state index is -0.439. The summed E-state index contributed by atoms with van der Waals surface area (Å²) in [7, 11) is 1.41. The molecule has 2 aromatic rings. The first kappa shape index (κ1) is 12.9. The van der Waals surface area contributed by atoms with Crippen LogP contribution in [0.4, 0.5) is 4.39 Å². The molecule has 19 heavy (non-hydrogen) atoms. The molecule has 1 aromatic carbocycles. The van der Waals surface area contributed by atoms with E-state index in [9.17, 15) is 4.39 Å². The molecule has 0 spiro atoms. The second-order valence-corrected chi connectivity index (χ2v) is 3.83. The van der Waals surface area contributed by atoms with Crippen LogP contribution in [-0.4, -0.2) is 27.7 Å². The van der Waals surface area contributed by atoms with Crippen LogP contribution in [0.15, 0.2) is 35.7 Å². The number of nitrogens with two attached hydrogens (primary N) is 1. The number of imidazole rings is 1. The maximum Gasteiger partial charge on any atom is 0.206 e. The van der Waals surface area contributed by atoms with E-state index in [0.717, 1.165) is 0 Å². The Bertz CT molecular complexity index is 610. The number of benzene rings is 1. The minimum Gasteiger partial charge on any atom is -0.494 e. The third-order valence-electron chi connectivity index (χ3n) is 2.62. The smallest absolute Gasteiger partial charge is 0.206 e.